The van der Waals surface area contributed by atoms with Crippen molar-refractivity contribution in [3.05, 3.63) is 75.6 Å². The van der Waals surface area contributed by atoms with Crippen LogP contribution in [0.4, 0.5) is 0 Å². The third-order valence-corrected chi connectivity index (χ3v) is 5.96. The van der Waals surface area contributed by atoms with E-state index in [4.69, 9.17) is 21.1 Å². The first-order valence-electron chi connectivity index (χ1n) is 9.84. The van der Waals surface area contributed by atoms with E-state index in [1.54, 1.807) is 42.5 Å². The maximum atomic E-state index is 13.6. The van der Waals surface area contributed by atoms with E-state index in [-0.39, 0.29) is 11.6 Å². The molecule has 0 spiro atoms. The summed E-state index contributed by atoms with van der Waals surface area (Å²) in [5.41, 5.74) is 2.47. The Bertz CT molecular complexity index is 1130. The highest BCUT2D eigenvalue weighted by Crippen LogP contribution is 2.38. The zero-order valence-corrected chi connectivity index (χ0v) is 19.2. The molecule has 3 aromatic rings. The number of ether oxygens (including phenoxy) is 2. The van der Waals surface area contributed by atoms with Crippen molar-refractivity contribution >= 4 is 40.6 Å². The second-order valence-electron chi connectivity index (χ2n) is 6.81. The van der Waals surface area contributed by atoms with Gasteiger partial charge in [-0.3, -0.25) is 9.59 Å². The molecule has 0 bridgehead atoms. The van der Waals surface area contributed by atoms with Crippen LogP contribution in [0.2, 0.25) is 5.02 Å². The first-order chi connectivity index (χ1) is 15.0. The number of ketones is 2. The molecule has 0 radical (unpaired) electrons. The number of carbonyl (C=O) groups excluding carboxylic acids is 2. The molecular formula is C25H23ClO4S. The molecule has 3 rings (SSSR count). The van der Waals surface area contributed by atoms with Gasteiger partial charge in [0.1, 0.15) is 0 Å². The average molecular weight is 455 g/mol. The lowest BCUT2D eigenvalue weighted by Crippen LogP contribution is -2.07. The highest BCUT2D eigenvalue weighted by Gasteiger charge is 2.22. The van der Waals surface area contributed by atoms with Gasteiger partial charge in [0.05, 0.1) is 19.8 Å². The van der Waals surface area contributed by atoms with Crippen LogP contribution in [0.3, 0.4) is 0 Å². The predicted octanol–water partition coefficient (Wildman–Crippen LogP) is 6.70. The van der Waals surface area contributed by atoms with E-state index in [2.05, 4.69) is 0 Å². The van der Waals surface area contributed by atoms with Gasteiger partial charge in [-0.1, -0.05) is 30.7 Å². The summed E-state index contributed by atoms with van der Waals surface area (Å²) in [5.74, 6) is 0.704. The van der Waals surface area contributed by atoms with Crippen LogP contribution in [0.15, 0.2) is 53.9 Å². The molecule has 4 nitrogen and oxygen atoms in total. The van der Waals surface area contributed by atoms with E-state index >= 15 is 0 Å². The molecule has 2 aromatic carbocycles. The second kappa shape index (κ2) is 10.4. The van der Waals surface area contributed by atoms with E-state index in [0.29, 0.717) is 34.1 Å². The Morgan fingerprint density at radius 3 is 2.58 bits per heavy atom. The van der Waals surface area contributed by atoms with E-state index in [0.717, 1.165) is 22.4 Å². The number of rotatable bonds is 9. The highest BCUT2D eigenvalue weighted by atomic mass is 35.5. The molecule has 6 heteroatoms. The molecule has 0 saturated heterocycles. The molecule has 0 aliphatic carbocycles. The molecular weight excluding hydrogens is 432 g/mol. The van der Waals surface area contributed by atoms with Gasteiger partial charge in [0.15, 0.2) is 23.1 Å². The van der Waals surface area contributed by atoms with E-state index in [1.807, 2.05) is 24.4 Å². The van der Waals surface area contributed by atoms with Gasteiger partial charge in [-0.05, 0) is 59.8 Å². The van der Waals surface area contributed by atoms with Crippen molar-refractivity contribution in [2.75, 3.05) is 14.2 Å². The maximum absolute atomic E-state index is 13.6. The summed E-state index contributed by atoms with van der Waals surface area (Å²) in [5, 5.41) is 2.40. The zero-order chi connectivity index (χ0) is 22.4. The summed E-state index contributed by atoms with van der Waals surface area (Å²) in [6.07, 6.45) is 4.71. The fraction of sp³-hybridized carbons (Fsp3) is 0.200. The van der Waals surface area contributed by atoms with Crippen LogP contribution in [0.5, 0.6) is 11.5 Å². The van der Waals surface area contributed by atoms with Crippen LogP contribution >= 0.6 is 22.9 Å². The molecule has 0 aliphatic rings. The molecule has 0 amide bonds. The number of hydrogen-bond donors (Lipinski definition) is 0. The van der Waals surface area contributed by atoms with Crippen LogP contribution in [0.25, 0.3) is 16.5 Å². The van der Waals surface area contributed by atoms with Crippen molar-refractivity contribution in [2.45, 2.75) is 19.8 Å². The number of allylic oxidation sites excluding steroid dienone is 1. The Labute approximate surface area is 191 Å². The number of methoxy groups -OCH3 is 2. The largest absolute Gasteiger partial charge is 0.493 e. The van der Waals surface area contributed by atoms with Gasteiger partial charge >= 0.3 is 0 Å². The van der Waals surface area contributed by atoms with Gasteiger partial charge in [-0.25, -0.2) is 0 Å². The number of carbonyl (C=O) groups is 2. The molecule has 31 heavy (non-hydrogen) atoms. The minimum atomic E-state index is -0.223. The summed E-state index contributed by atoms with van der Waals surface area (Å²) < 4.78 is 10.8. The molecule has 0 N–H and O–H groups in total. The van der Waals surface area contributed by atoms with Crippen LogP contribution < -0.4 is 9.47 Å². The fourth-order valence-corrected chi connectivity index (χ4v) is 4.40. The van der Waals surface area contributed by atoms with E-state index in [9.17, 15) is 9.59 Å². The average Bonchev–Trinajstić information content (AvgIpc) is 3.25. The van der Waals surface area contributed by atoms with Crippen molar-refractivity contribution < 1.29 is 19.1 Å². The van der Waals surface area contributed by atoms with Gasteiger partial charge in [0.2, 0.25) is 0 Å². The quantitative estimate of drug-likeness (QED) is 0.266. The van der Waals surface area contributed by atoms with Crippen LogP contribution in [-0.2, 0) is 4.79 Å². The summed E-state index contributed by atoms with van der Waals surface area (Å²) in [6, 6.07) is 12.4. The maximum Gasteiger partial charge on any atom is 0.197 e. The number of para-hydroxylation sites is 1. The molecule has 1 aromatic heterocycles. The summed E-state index contributed by atoms with van der Waals surface area (Å²) in [4.78, 5) is 26.4. The van der Waals surface area contributed by atoms with Crippen molar-refractivity contribution in [2.24, 2.45) is 0 Å². The molecule has 160 valence electrons. The van der Waals surface area contributed by atoms with Crippen LogP contribution in [-0.4, -0.2) is 25.8 Å². The standard InChI is InChI=1S/C25H23ClO4S/c1-4-6-18(27)11-9-16-13-14-31-25(16)19-12-10-17(26)15-21(19)23(28)20-7-5-8-22(29-2)24(20)30-3/h5,7-15H,4,6H2,1-3H3/b11-9+. The van der Waals surface area contributed by atoms with Gasteiger partial charge in [-0.15, -0.1) is 11.3 Å². The molecule has 0 unspecified atom stereocenters. The minimum Gasteiger partial charge on any atom is -0.493 e. The second-order valence-corrected chi connectivity index (χ2v) is 8.17. The Kier molecular flexibility index (Phi) is 7.66. The highest BCUT2D eigenvalue weighted by molar-refractivity contribution is 7.14. The zero-order valence-electron chi connectivity index (χ0n) is 17.6. The van der Waals surface area contributed by atoms with Gasteiger partial charge < -0.3 is 9.47 Å². The summed E-state index contributed by atoms with van der Waals surface area (Å²) in [7, 11) is 3.03. The Balaban J connectivity index is 2.10. The number of benzene rings is 2. The number of halogens is 1. The first-order valence-corrected chi connectivity index (χ1v) is 11.1. The lowest BCUT2D eigenvalue weighted by Gasteiger charge is -2.14. The minimum absolute atomic E-state index is 0.0770. The summed E-state index contributed by atoms with van der Waals surface area (Å²) >= 11 is 7.76. The van der Waals surface area contributed by atoms with Crippen LogP contribution in [0, 0.1) is 0 Å². The Hall–Kier alpha value is -2.89. The molecule has 1 heterocycles. The van der Waals surface area contributed by atoms with Crippen molar-refractivity contribution in [3.8, 4) is 21.9 Å². The molecule has 0 saturated carbocycles. The van der Waals surface area contributed by atoms with Gasteiger partial charge in [0.25, 0.3) is 0 Å². The first kappa shape index (κ1) is 22.8. The topological polar surface area (TPSA) is 52.6 Å². The predicted molar refractivity (Wildman–Crippen MR) is 127 cm³/mol. The van der Waals surface area contributed by atoms with Gasteiger partial charge in [-0.2, -0.15) is 0 Å². The smallest absolute Gasteiger partial charge is 0.197 e. The van der Waals surface area contributed by atoms with E-state index in [1.165, 1.54) is 25.6 Å². The monoisotopic (exact) mass is 454 g/mol. The molecule has 0 atom stereocenters. The molecule has 0 fully saturated rings. The van der Waals surface area contributed by atoms with E-state index < -0.39 is 0 Å². The normalized spacial score (nSPS) is 11.0. The lowest BCUT2D eigenvalue weighted by molar-refractivity contribution is -0.114. The van der Waals surface area contributed by atoms with Gasteiger partial charge in [0, 0.05) is 27.4 Å². The summed E-state index contributed by atoms with van der Waals surface area (Å²) in [6.45, 7) is 1.97. The van der Waals surface area contributed by atoms with Crippen molar-refractivity contribution in [1.82, 2.24) is 0 Å². The number of thiophene rings is 1. The lowest BCUT2D eigenvalue weighted by atomic mass is 9.95. The molecule has 0 aliphatic heterocycles. The van der Waals surface area contributed by atoms with Crippen molar-refractivity contribution in [1.29, 1.82) is 0 Å². The van der Waals surface area contributed by atoms with Crippen LogP contribution in [0.1, 0.15) is 41.3 Å². The number of hydrogen-bond acceptors (Lipinski definition) is 5. The van der Waals surface area contributed by atoms with Crippen molar-refractivity contribution in [3.63, 3.8) is 0 Å². The third kappa shape index (κ3) is 5.06. The Morgan fingerprint density at radius 1 is 1.06 bits per heavy atom. The Morgan fingerprint density at radius 2 is 1.87 bits per heavy atom. The SMILES string of the molecule is CCCC(=O)/C=C/c1ccsc1-c1ccc(Cl)cc1C(=O)c1cccc(OC)c1OC. The fourth-order valence-electron chi connectivity index (χ4n) is 3.30. The third-order valence-electron chi connectivity index (χ3n) is 4.76.